The molecule has 2 heterocycles. The van der Waals surface area contributed by atoms with Crippen LogP contribution in [0.2, 0.25) is 0 Å². The molecule has 2 unspecified atom stereocenters. The molecule has 1 fully saturated rings. The largest absolute Gasteiger partial charge is 0.311 e. The Bertz CT molecular complexity index is 391. The minimum absolute atomic E-state index is 0.680. The molecule has 0 spiro atoms. The van der Waals surface area contributed by atoms with Gasteiger partial charge in [-0.3, -0.25) is 4.90 Å². The van der Waals surface area contributed by atoms with Crippen LogP contribution in [0.15, 0.2) is 5.38 Å². The molecular weight excluding hydrogens is 256 g/mol. The van der Waals surface area contributed by atoms with Gasteiger partial charge in [0.05, 0.1) is 5.69 Å². The van der Waals surface area contributed by atoms with E-state index in [1.165, 1.54) is 17.2 Å². The van der Waals surface area contributed by atoms with Crippen LogP contribution in [0.3, 0.4) is 0 Å². The lowest BCUT2D eigenvalue weighted by molar-refractivity contribution is 0.249. The molecule has 2 rings (SSSR count). The molecule has 1 saturated heterocycles. The highest BCUT2D eigenvalue weighted by Crippen LogP contribution is 2.22. The lowest BCUT2D eigenvalue weighted by atomic mass is 10.1. The predicted octanol–water partition coefficient (Wildman–Crippen LogP) is 1.63. The van der Waals surface area contributed by atoms with E-state index in [1.807, 2.05) is 0 Å². The lowest BCUT2D eigenvalue weighted by Gasteiger charge is -2.22. The number of rotatable bonds is 6. The summed E-state index contributed by atoms with van der Waals surface area (Å²) in [4.78, 5) is 9.59. The van der Waals surface area contributed by atoms with Gasteiger partial charge >= 0.3 is 0 Å². The predicted molar refractivity (Wildman–Crippen MR) is 81.4 cm³/mol. The molecule has 0 aromatic carbocycles. The molecule has 5 heteroatoms. The molecule has 0 amide bonds. The zero-order valence-corrected chi connectivity index (χ0v) is 13.3. The third-order valence-electron chi connectivity index (χ3n) is 3.82. The van der Waals surface area contributed by atoms with Crippen molar-refractivity contribution in [3.05, 3.63) is 16.1 Å². The van der Waals surface area contributed by atoms with Crippen LogP contribution in [0.4, 0.5) is 0 Å². The first-order chi connectivity index (χ1) is 9.10. The van der Waals surface area contributed by atoms with Gasteiger partial charge in [-0.2, -0.15) is 0 Å². The lowest BCUT2D eigenvalue weighted by Crippen LogP contribution is -2.34. The average Bonchev–Trinajstić information content (AvgIpc) is 2.94. The summed E-state index contributed by atoms with van der Waals surface area (Å²) in [7, 11) is 4.37. The van der Waals surface area contributed by atoms with E-state index >= 15 is 0 Å². The number of nitrogens with zero attached hydrogens (tertiary/aromatic N) is 3. The van der Waals surface area contributed by atoms with Crippen molar-refractivity contribution in [1.82, 2.24) is 20.1 Å². The highest BCUT2D eigenvalue weighted by atomic mass is 32.1. The Labute approximate surface area is 120 Å². The van der Waals surface area contributed by atoms with E-state index in [9.17, 15) is 0 Å². The van der Waals surface area contributed by atoms with Crippen molar-refractivity contribution >= 4 is 11.3 Å². The van der Waals surface area contributed by atoms with Crippen molar-refractivity contribution in [2.24, 2.45) is 5.92 Å². The summed E-state index contributed by atoms with van der Waals surface area (Å²) >= 11 is 1.77. The number of nitrogens with one attached hydrogen (secondary N) is 1. The maximum absolute atomic E-state index is 4.71. The molecule has 19 heavy (non-hydrogen) atoms. The van der Waals surface area contributed by atoms with E-state index < -0.39 is 0 Å². The molecule has 0 bridgehead atoms. The monoisotopic (exact) mass is 282 g/mol. The summed E-state index contributed by atoms with van der Waals surface area (Å²) in [5.41, 5.74) is 1.23. The van der Waals surface area contributed by atoms with E-state index in [-0.39, 0.29) is 0 Å². The van der Waals surface area contributed by atoms with Gasteiger partial charge in [0.1, 0.15) is 5.01 Å². The smallest absolute Gasteiger partial charge is 0.107 e. The molecule has 2 atom stereocenters. The highest BCUT2D eigenvalue weighted by molar-refractivity contribution is 7.09. The Morgan fingerprint density at radius 3 is 2.89 bits per heavy atom. The van der Waals surface area contributed by atoms with E-state index in [1.54, 1.807) is 11.3 Å². The first-order valence-corrected chi connectivity index (χ1v) is 8.01. The fraction of sp³-hybridized carbons (Fsp3) is 0.786. The molecule has 0 radical (unpaired) electrons. The summed E-state index contributed by atoms with van der Waals surface area (Å²) < 4.78 is 0. The number of likely N-dealkylation sites (tertiary alicyclic amines) is 1. The van der Waals surface area contributed by atoms with E-state index in [4.69, 9.17) is 4.98 Å². The van der Waals surface area contributed by atoms with E-state index in [0.29, 0.717) is 6.04 Å². The van der Waals surface area contributed by atoms with Crippen LogP contribution >= 0.6 is 11.3 Å². The van der Waals surface area contributed by atoms with Crippen LogP contribution in [0.1, 0.15) is 24.5 Å². The summed E-state index contributed by atoms with van der Waals surface area (Å²) in [5.74, 6) is 0.745. The van der Waals surface area contributed by atoms with E-state index in [2.05, 4.69) is 48.4 Å². The highest BCUT2D eigenvalue weighted by Gasteiger charge is 2.30. The van der Waals surface area contributed by atoms with Crippen molar-refractivity contribution in [1.29, 1.82) is 0 Å². The van der Waals surface area contributed by atoms with Gasteiger partial charge in [0, 0.05) is 37.6 Å². The molecule has 0 saturated carbocycles. The van der Waals surface area contributed by atoms with Crippen LogP contribution in [0.5, 0.6) is 0 Å². The van der Waals surface area contributed by atoms with Crippen molar-refractivity contribution in [2.75, 3.05) is 33.7 Å². The molecule has 1 aliphatic rings. The van der Waals surface area contributed by atoms with Gasteiger partial charge in [-0.1, -0.05) is 13.8 Å². The van der Waals surface area contributed by atoms with Gasteiger partial charge in [-0.15, -0.1) is 11.3 Å². The average molecular weight is 282 g/mol. The second kappa shape index (κ2) is 6.79. The van der Waals surface area contributed by atoms with Gasteiger partial charge < -0.3 is 10.2 Å². The van der Waals surface area contributed by atoms with Gasteiger partial charge in [-0.05, 0) is 26.6 Å². The second-order valence-corrected chi connectivity index (χ2v) is 6.66. The summed E-state index contributed by atoms with van der Waals surface area (Å²) in [6, 6.07) is 0.680. The normalized spacial score (nSPS) is 24.5. The van der Waals surface area contributed by atoms with Crippen LogP contribution in [0, 0.1) is 5.92 Å². The summed E-state index contributed by atoms with van der Waals surface area (Å²) in [6.07, 6.45) is 0. The van der Waals surface area contributed by atoms with Crippen LogP contribution in [-0.2, 0) is 13.1 Å². The Morgan fingerprint density at radius 2 is 2.26 bits per heavy atom. The SMILES string of the molecule is CCNCc1nc(CN2CC(C)C(N(C)C)C2)cs1. The third kappa shape index (κ3) is 3.99. The standard InChI is InChI=1S/C14H26N4S/c1-5-15-6-14-16-12(10-19-14)8-18-7-11(2)13(9-18)17(3)4/h10-11,13,15H,5-9H2,1-4H3. The third-order valence-corrected chi connectivity index (χ3v) is 4.72. The zero-order valence-electron chi connectivity index (χ0n) is 12.5. The minimum atomic E-state index is 0.680. The van der Waals surface area contributed by atoms with Crippen LogP contribution < -0.4 is 5.32 Å². The second-order valence-electron chi connectivity index (χ2n) is 5.72. The molecule has 4 nitrogen and oxygen atoms in total. The molecule has 1 aliphatic heterocycles. The maximum Gasteiger partial charge on any atom is 0.107 e. The number of hydrogen-bond donors (Lipinski definition) is 1. The zero-order chi connectivity index (χ0) is 13.8. The summed E-state index contributed by atoms with van der Waals surface area (Å²) in [6.45, 7) is 9.72. The molecule has 1 aromatic heterocycles. The molecule has 1 aromatic rings. The van der Waals surface area contributed by atoms with Gasteiger partial charge in [0.25, 0.3) is 0 Å². The molecule has 0 aliphatic carbocycles. The van der Waals surface area contributed by atoms with Gasteiger partial charge in [0.2, 0.25) is 0 Å². The summed E-state index contributed by atoms with van der Waals surface area (Å²) in [5, 5.41) is 6.74. The van der Waals surface area contributed by atoms with Gasteiger partial charge in [-0.25, -0.2) is 4.98 Å². The van der Waals surface area contributed by atoms with Crippen molar-refractivity contribution in [2.45, 2.75) is 33.0 Å². The first kappa shape index (κ1) is 14.9. The first-order valence-electron chi connectivity index (χ1n) is 7.13. The topological polar surface area (TPSA) is 31.4 Å². The van der Waals surface area contributed by atoms with Gasteiger partial charge in [0.15, 0.2) is 0 Å². The Balaban J connectivity index is 1.86. The Kier molecular flexibility index (Phi) is 5.33. The number of likely N-dealkylation sites (N-methyl/N-ethyl adjacent to an activating group) is 1. The Morgan fingerprint density at radius 1 is 1.47 bits per heavy atom. The van der Waals surface area contributed by atoms with Crippen LogP contribution in [0.25, 0.3) is 0 Å². The Hall–Kier alpha value is -0.490. The molecular formula is C14H26N4S. The maximum atomic E-state index is 4.71. The van der Waals surface area contributed by atoms with Crippen molar-refractivity contribution in [3.8, 4) is 0 Å². The van der Waals surface area contributed by atoms with Crippen molar-refractivity contribution < 1.29 is 0 Å². The number of aromatic nitrogens is 1. The van der Waals surface area contributed by atoms with Crippen molar-refractivity contribution in [3.63, 3.8) is 0 Å². The fourth-order valence-electron chi connectivity index (χ4n) is 2.81. The van der Waals surface area contributed by atoms with E-state index in [0.717, 1.165) is 32.1 Å². The minimum Gasteiger partial charge on any atom is -0.311 e. The quantitative estimate of drug-likeness (QED) is 0.859. The molecule has 108 valence electrons. The molecule has 1 N–H and O–H groups in total. The van der Waals surface area contributed by atoms with Crippen LogP contribution in [-0.4, -0.2) is 54.6 Å². The number of hydrogen-bond acceptors (Lipinski definition) is 5. The number of thiazole rings is 1. The fourth-order valence-corrected chi connectivity index (χ4v) is 3.57.